The van der Waals surface area contributed by atoms with Crippen LogP contribution >= 0.6 is 12.2 Å². The standard InChI is InChI=1S/C21H29N5OS/c1-21(2,3)16-4-6-17(7-5-16)26-12-10-25(11-13-26)15-19-9-8-18(27-19)14-23-24-20(22)28/h4-9,14H,10-13,15H2,1-3H3,(H3,22,24,28)/b23-14+. The zero-order chi connectivity index (χ0) is 20.1. The highest BCUT2D eigenvalue weighted by molar-refractivity contribution is 7.80. The summed E-state index contributed by atoms with van der Waals surface area (Å²) in [5.41, 5.74) is 10.7. The summed E-state index contributed by atoms with van der Waals surface area (Å²) >= 11 is 4.70. The molecule has 0 radical (unpaired) electrons. The number of benzene rings is 1. The molecule has 0 saturated carbocycles. The van der Waals surface area contributed by atoms with Crippen molar-refractivity contribution in [3.05, 3.63) is 53.5 Å². The molecule has 2 aromatic rings. The molecule has 0 spiro atoms. The van der Waals surface area contributed by atoms with Crippen LogP contribution < -0.4 is 16.1 Å². The largest absolute Gasteiger partial charge is 0.459 e. The first kappa shape index (κ1) is 20.4. The molecule has 6 nitrogen and oxygen atoms in total. The van der Waals surface area contributed by atoms with E-state index in [0.29, 0.717) is 5.76 Å². The Bertz CT molecular complexity index is 814. The molecule has 3 rings (SSSR count). The predicted molar refractivity (Wildman–Crippen MR) is 119 cm³/mol. The second-order valence-corrected chi connectivity index (χ2v) is 8.54. The fourth-order valence-corrected chi connectivity index (χ4v) is 3.32. The van der Waals surface area contributed by atoms with Crippen LogP contribution in [0.4, 0.5) is 5.69 Å². The SMILES string of the molecule is CC(C)(C)c1ccc(N2CCN(Cc3ccc(/C=N/NC(N)=S)o3)CC2)cc1. The molecule has 28 heavy (non-hydrogen) atoms. The van der Waals surface area contributed by atoms with Crippen LogP contribution in [0.1, 0.15) is 37.9 Å². The Morgan fingerprint density at radius 3 is 2.43 bits per heavy atom. The van der Waals surface area contributed by atoms with Gasteiger partial charge in [0.15, 0.2) is 5.11 Å². The number of thiocarbonyl (C=S) groups is 1. The van der Waals surface area contributed by atoms with E-state index in [0.717, 1.165) is 38.5 Å². The number of rotatable bonds is 5. The van der Waals surface area contributed by atoms with Gasteiger partial charge in [0.1, 0.15) is 11.5 Å². The van der Waals surface area contributed by atoms with E-state index in [1.54, 1.807) is 6.21 Å². The number of anilines is 1. The molecule has 150 valence electrons. The normalized spacial score (nSPS) is 15.9. The van der Waals surface area contributed by atoms with E-state index in [-0.39, 0.29) is 10.5 Å². The monoisotopic (exact) mass is 399 g/mol. The van der Waals surface area contributed by atoms with Gasteiger partial charge in [-0.15, -0.1) is 0 Å². The van der Waals surface area contributed by atoms with Gasteiger partial charge in [0, 0.05) is 31.9 Å². The lowest BCUT2D eigenvalue weighted by molar-refractivity contribution is 0.230. The number of hydrogen-bond donors (Lipinski definition) is 2. The van der Waals surface area contributed by atoms with Crippen molar-refractivity contribution in [3.63, 3.8) is 0 Å². The predicted octanol–water partition coefficient (Wildman–Crippen LogP) is 3.07. The molecule has 1 aliphatic heterocycles. The van der Waals surface area contributed by atoms with Gasteiger partial charge in [0.05, 0.1) is 12.8 Å². The molecule has 1 aliphatic rings. The zero-order valence-electron chi connectivity index (χ0n) is 16.8. The van der Waals surface area contributed by atoms with Crippen LogP contribution in [-0.2, 0) is 12.0 Å². The molecule has 7 heteroatoms. The van der Waals surface area contributed by atoms with Crippen LogP contribution in [0.3, 0.4) is 0 Å². The van der Waals surface area contributed by atoms with Crippen molar-refractivity contribution in [1.29, 1.82) is 0 Å². The average molecular weight is 400 g/mol. The summed E-state index contributed by atoms with van der Waals surface area (Å²) in [7, 11) is 0. The van der Waals surface area contributed by atoms with E-state index < -0.39 is 0 Å². The Morgan fingerprint density at radius 1 is 1.14 bits per heavy atom. The smallest absolute Gasteiger partial charge is 0.184 e. The van der Waals surface area contributed by atoms with E-state index >= 15 is 0 Å². The van der Waals surface area contributed by atoms with Crippen molar-refractivity contribution >= 4 is 29.2 Å². The van der Waals surface area contributed by atoms with Gasteiger partial charge in [0.2, 0.25) is 0 Å². The number of piperazine rings is 1. The minimum Gasteiger partial charge on any atom is -0.459 e. The summed E-state index contributed by atoms with van der Waals surface area (Å²) in [6.07, 6.45) is 1.57. The Hall–Kier alpha value is -2.38. The number of hydrazone groups is 1. The molecular weight excluding hydrogens is 370 g/mol. The summed E-state index contributed by atoms with van der Waals surface area (Å²) in [5, 5.41) is 4.04. The van der Waals surface area contributed by atoms with E-state index in [2.05, 4.69) is 65.4 Å². The average Bonchev–Trinajstić information content (AvgIpc) is 3.09. The van der Waals surface area contributed by atoms with Crippen LogP contribution in [0.5, 0.6) is 0 Å². The van der Waals surface area contributed by atoms with Gasteiger partial charge in [-0.3, -0.25) is 10.3 Å². The maximum Gasteiger partial charge on any atom is 0.184 e. The molecule has 2 heterocycles. The summed E-state index contributed by atoms with van der Waals surface area (Å²) in [6.45, 7) is 11.6. The molecule has 1 fully saturated rings. The Kier molecular flexibility index (Phi) is 6.36. The first-order chi connectivity index (χ1) is 13.3. The summed E-state index contributed by atoms with van der Waals surface area (Å²) in [6, 6.07) is 12.9. The molecule has 1 aromatic heterocycles. The summed E-state index contributed by atoms with van der Waals surface area (Å²) < 4.78 is 5.80. The molecular formula is C21H29N5OS. The third kappa shape index (κ3) is 5.56. The highest BCUT2D eigenvalue weighted by atomic mass is 32.1. The van der Waals surface area contributed by atoms with Gasteiger partial charge in [-0.25, -0.2) is 0 Å². The van der Waals surface area contributed by atoms with Crippen molar-refractivity contribution in [1.82, 2.24) is 10.3 Å². The fraction of sp³-hybridized carbons (Fsp3) is 0.429. The Morgan fingerprint density at radius 2 is 1.82 bits per heavy atom. The summed E-state index contributed by atoms with van der Waals surface area (Å²) in [4.78, 5) is 4.86. The minimum atomic E-state index is 0.133. The zero-order valence-corrected chi connectivity index (χ0v) is 17.6. The van der Waals surface area contributed by atoms with Crippen molar-refractivity contribution in [2.24, 2.45) is 10.8 Å². The fourth-order valence-electron chi connectivity index (χ4n) is 3.27. The molecule has 0 atom stereocenters. The van der Waals surface area contributed by atoms with Gasteiger partial charge in [-0.2, -0.15) is 5.10 Å². The van der Waals surface area contributed by atoms with Gasteiger partial charge in [-0.1, -0.05) is 32.9 Å². The van der Waals surface area contributed by atoms with Gasteiger partial charge >= 0.3 is 0 Å². The minimum absolute atomic E-state index is 0.133. The van der Waals surface area contributed by atoms with Crippen LogP contribution in [0.15, 0.2) is 45.9 Å². The molecule has 3 N–H and O–H groups in total. The number of furan rings is 1. The number of nitrogens with zero attached hydrogens (tertiary/aromatic N) is 3. The Balaban J connectivity index is 1.50. The second kappa shape index (κ2) is 8.75. The first-order valence-electron chi connectivity index (χ1n) is 9.56. The quantitative estimate of drug-likeness (QED) is 0.457. The topological polar surface area (TPSA) is 70.0 Å². The lowest BCUT2D eigenvalue weighted by atomic mass is 9.87. The van der Waals surface area contributed by atoms with Gasteiger partial charge < -0.3 is 15.1 Å². The maximum absolute atomic E-state index is 5.80. The highest BCUT2D eigenvalue weighted by Gasteiger charge is 2.19. The summed E-state index contributed by atoms with van der Waals surface area (Å²) in [5.74, 6) is 1.61. The van der Waals surface area contributed by atoms with Gasteiger partial charge in [0.25, 0.3) is 0 Å². The lowest BCUT2D eigenvalue weighted by Gasteiger charge is -2.36. The van der Waals surface area contributed by atoms with Crippen molar-refractivity contribution in [3.8, 4) is 0 Å². The highest BCUT2D eigenvalue weighted by Crippen LogP contribution is 2.25. The Labute approximate surface area is 172 Å². The molecule has 0 aliphatic carbocycles. The molecule has 1 saturated heterocycles. The first-order valence-corrected chi connectivity index (χ1v) is 9.97. The van der Waals surface area contributed by atoms with E-state index in [1.165, 1.54) is 11.3 Å². The second-order valence-electron chi connectivity index (χ2n) is 8.10. The maximum atomic E-state index is 5.80. The molecule has 0 bridgehead atoms. The lowest BCUT2D eigenvalue weighted by Crippen LogP contribution is -2.45. The number of nitrogens with two attached hydrogens (primary N) is 1. The third-order valence-corrected chi connectivity index (χ3v) is 4.99. The number of hydrogen-bond acceptors (Lipinski definition) is 5. The van der Waals surface area contributed by atoms with Crippen molar-refractivity contribution < 1.29 is 4.42 Å². The van der Waals surface area contributed by atoms with Crippen LogP contribution in [0.2, 0.25) is 0 Å². The molecule has 0 unspecified atom stereocenters. The van der Waals surface area contributed by atoms with Gasteiger partial charge in [-0.05, 0) is 47.5 Å². The van der Waals surface area contributed by atoms with Crippen molar-refractivity contribution in [2.45, 2.75) is 32.7 Å². The van der Waals surface area contributed by atoms with Crippen LogP contribution in [0, 0.1) is 0 Å². The van der Waals surface area contributed by atoms with E-state index in [9.17, 15) is 0 Å². The molecule has 1 aromatic carbocycles. The van der Waals surface area contributed by atoms with E-state index in [1.807, 2.05) is 12.1 Å². The molecule has 0 amide bonds. The van der Waals surface area contributed by atoms with Crippen LogP contribution in [-0.4, -0.2) is 42.4 Å². The third-order valence-electron chi connectivity index (χ3n) is 4.90. The van der Waals surface area contributed by atoms with Crippen molar-refractivity contribution in [2.75, 3.05) is 31.1 Å². The van der Waals surface area contributed by atoms with Crippen LogP contribution in [0.25, 0.3) is 0 Å². The van der Waals surface area contributed by atoms with E-state index in [4.69, 9.17) is 22.4 Å². The number of nitrogens with one attached hydrogen (secondary N) is 1.